The van der Waals surface area contributed by atoms with Crippen LogP contribution < -0.4 is 5.32 Å². The molecule has 0 atom stereocenters. The van der Waals surface area contributed by atoms with Gasteiger partial charge in [0.2, 0.25) is 0 Å². The first-order valence-electron chi connectivity index (χ1n) is 7.11. The summed E-state index contributed by atoms with van der Waals surface area (Å²) in [6.07, 6.45) is 2.93. The van der Waals surface area contributed by atoms with E-state index in [1.807, 2.05) is 0 Å². The van der Waals surface area contributed by atoms with Gasteiger partial charge in [0.15, 0.2) is 6.61 Å². The molecule has 0 aliphatic rings. The molecule has 0 aliphatic carbocycles. The van der Waals surface area contributed by atoms with E-state index in [9.17, 15) is 14.4 Å². The summed E-state index contributed by atoms with van der Waals surface area (Å²) in [7, 11) is 1.31. The van der Waals surface area contributed by atoms with E-state index in [4.69, 9.17) is 4.74 Å². The van der Waals surface area contributed by atoms with Crippen LogP contribution >= 0.6 is 0 Å². The van der Waals surface area contributed by atoms with Crippen LogP contribution in [0.2, 0.25) is 0 Å². The second-order valence-corrected chi connectivity index (χ2v) is 4.78. The molecule has 1 amide bonds. The number of hydrogen-bond donors (Lipinski definition) is 1. The van der Waals surface area contributed by atoms with Crippen molar-refractivity contribution in [1.29, 1.82) is 0 Å². The van der Waals surface area contributed by atoms with Crippen molar-refractivity contribution >= 4 is 17.8 Å². The first kappa shape index (κ1) is 17.1. The molecule has 0 spiro atoms. The number of benzene rings is 1. The van der Waals surface area contributed by atoms with Gasteiger partial charge in [-0.1, -0.05) is 12.1 Å². The van der Waals surface area contributed by atoms with Crippen molar-refractivity contribution in [1.82, 2.24) is 10.3 Å². The fraction of sp³-hybridized carbons (Fsp3) is 0.176. The first-order chi connectivity index (χ1) is 11.6. The van der Waals surface area contributed by atoms with Gasteiger partial charge in [-0.25, -0.2) is 9.59 Å². The number of esters is 2. The molecule has 0 bridgehead atoms. The fourth-order valence-corrected chi connectivity index (χ4v) is 1.83. The van der Waals surface area contributed by atoms with E-state index in [0.29, 0.717) is 11.1 Å². The summed E-state index contributed by atoms with van der Waals surface area (Å²) < 4.78 is 9.51. The van der Waals surface area contributed by atoms with Gasteiger partial charge >= 0.3 is 11.9 Å². The number of amides is 1. The second-order valence-electron chi connectivity index (χ2n) is 4.78. The molecule has 2 aromatic rings. The Kier molecular flexibility index (Phi) is 6.01. The van der Waals surface area contributed by atoms with Crippen molar-refractivity contribution < 1.29 is 23.9 Å². The number of methoxy groups -OCH3 is 1. The van der Waals surface area contributed by atoms with Crippen molar-refractivity contribution in [3.63, 3.8) is 0 Å². The molecule has 1 heterocycles. The monoisotopic (exact) mass is 328 g/mol. The SMILES string of the molecule is COC(=O)c1ccc(CNC(=O)COC(=O)c2ccncc2)cc1. The van der Waals surface area contributed by atoms with Gasteiger partial charge in [-0.3, -0.25) is 9.78 Å². The Morgan fingerprint density at radius 3 is 2.21 bits per heavy atom. The largest absolute Gasteiger partial charge is 0.465 e. The van der Waals surface area contributed by atoms with Gasteiger partial charge in [-0.05, 0) is 29.8 Å². The first-order valence-corrected chi connectivity index (χ1v) is 7.11. The number of carbonyl (C=O) groups is 3. The van der Waals surface area contributed by atoms with Crippen LogP contribution in [0.4, 0.5) is 0 Å². The molecular weight excluding hydrogens is 312 g/mol. The Bertz CT molecular complexity index is 714. The minimum absolute atomic E-state index is 0.257. The molecule has 24 heavy (non-hydrogen) atoms. The van der Waals surface area contributed by atoms with Gasteiger partial charge in [0.05, 0.1) is 18.2 Å². The molecule has 1 aromatic heterocycles. The van der Waals surface area contributed by atoms with Crippen molar-refractivity contribution in [3.05, 3.63) is 65.5 Å². The van der Waals surface area contributed by atoms with Crippen LogP contribution in [0.1, 0.15) is 26.3 Å². The Morgan fingerprint density at radius 1 is 0.958 bits per heavy atom. The van der Waals surface area contributed by atoms with Crippen LogP contribution in [0.5, 0.6) is 0 Å². The Labute approximate surface area is 138 Å². The predicted octanol–water partition coefficient (Wildman–Crippen LogP) is 1.34. The smallest absolute Gasteiger partial charge is 0.338 e. The third kappa shape index (κ3) is 4.91. The topological polar surface area (TPSA) is 94.6 Å². The minimum Gasteiger partial charge on any atom is -0.465 e. The Morgan fingerprint density at radius 2 is 1.58 bits per heavy atom. The molecule has 2 rings (SSSR count). The van der Waals surface area contributed by atoms with Gasteiger partial charge in [0.25, 0.3) is 5.91 Å². The highest BCUT2D eigenvalue weighted by Crippen LogP contribution is 2.05. The van der Waals surface area contributed by atoms with E-state index < -0.39 is 17.8 Å². The van der Waals surface area contributed by atoms with Crippen molar-refractivity contribution in [2.75, 3.05) is 13.7 Å². The van der Waals surface area contributed by atoms with Crippen LogP contribution in [0, 0.1) is 0 Å². The lowest BCUT2D eigenvalue weighted by atomic mass is 10.1. The molecule has 0 aliphatic heterocycles. The van der Waals surface area contributed by atoms with Gasteiger partial charge < -0.3 is 14.8 Å². The number of pyridine rings is 1. The van der Waals surface area contributed by atoms with E-state index in [0.717, 1.165) is 5.56 Å². The molecule has 7 heteroatoms. The normalized spacial score (nSPS) is 9.88. The number of nitrogens with zero attached hydrogens (tertiary/aromatic N) is 1. The number of nitrogens with one attached hydrogen (secondary N) is 1. The maximum atomic E-state index is 11.7. The summed E-state index contributed by atoms with van der Waals surface area (Å²) in [5.74, 6) is -1.43. The zero-order valence-corrected chi connectivity index (χ0v) is 13.0. The van der Waals surface area contributed by atoms with Crippen LogP contribution in [-0.4, -0.2) is 36.5 Å². The molecule has 0 unspecified atom stereocenters. The van der Waals surface area contributed by atoms with Crippen LogP contribution in [-0.2, 0) is 20.8 Å². The fourth-order valence-electron chi connectivity index (χ4n) is 1.83. The van der Waals surface area contributed by atoms with Gasteiger partial charge in [-0.2, -0.15) is 0 Å². The Balaban J connectivity index is 1.77. The summed E-state index contributed by atoms with van der Waals surface area (Å²) in [5.41, 5.74) is 1.56. The van der Waals surface area contributed by atoms with E-state index in [1.54, 1.807) is 24.3 Å². The molecule has 1 N–H and O–H groups in total. The summed E-state index contributed by atoms with van der Waals surface area (Å²) in [6.45, 7) is -0.117. The summed E-state index contributed by atoms with van der Waals surface area (Å²) in [6, 6.07) is 9.63. The summed E-state index contributed by atoms with van der Waals surface area (Å²) >= 11 is 0. The van der Waals surface area contributed by atoms with Crippen LogP contribution in [0.3, 0.4) is 0 Å². The number of hydrogen-bond acceptors (Lipinski definition) is 6. The standard InChI is InChI=1S/C17H16N2O5/c1-23-16(21)13-4-2-12(3-5-13)10-19-15(20)11-24-17(22)14-6-8-18-9-7-14/h2-9H,10-11H2,1H3,(H,19,20). The van der Waals surface area contributed by atoms with Crippen LogP contribution in [0.15, 0.2) is 48.8 Å². The number of ether oxygens (including phenoxy) is 2. The minimum atomic E-state index is -0.588. The zero-order valence-electron chi connectivity index (χ0n) is 13.0. The molecule has 0 saturated heterocycles. The molecule has 7 nitrogen and oxygen atoms in total. The summed E-state index contributed by atoms with van der Waals surface area (Å²) in [5, 5.41) is 2.62. The lowest BCUT2D eigenvalue weighted by molar-refractivity contribution is -0.124. The summed E-state index contributed by atoms with van der Waals surface area (Å²) in [4.78, 5) is 38.5. The average Bonchev–Trinajstić information content (AvgIpc) is 2.64. The molecule has 0 saturated carbocycles. The van der Waals surface area contributed by atoms with Crippen molar-refractivity contribution in [2.24, 2.45) is 0 Å². The number of aromatic nitrogens is 1. The highest BCUT2D eigenvalue weighted by molar-refractivity contribution is 5.91. The lowest BCUT2D eigenvalue weighted by Gasteiger charge is -2.07. The molecule has 0 fully saturated rings. The lowest BCUT2D eigenvalue weighted by Crippen LogP contribution is -2.28. The quantitative estimate of drug-likeness (QED) is 0.804. The second kappa shape index (κ2) is 8.42. The predicted molar refractivity (Wildman–Crippen MR) is 84.1 cm³/mol. The molecule has 124 valence electrons. The van der Waals surface area contributed by atoms with Crippen molar-refractivity contribution in [3.8, 4) is 0 Å². The molecular formula is C17H16N2O5. The number of rotatable bonds is 6. The van der Waals surface area contributed by atoms with E-state index in [2.05, 4.69) is 15.0 Å². The highest BCUT2D eigenvalue weighted by atomic mass is 16.5. The van der Waals surface area contributed by atoms with Gasteiger partial charge in [-0.15, -0.1) is 0 Å². The van der Waals surface area contributed by atoms with E-state index in [-0.39, 0.29) is 13.2 Å². The third-order valence-electron chi connectivity index (χ3n) is 3.12. The third-order valence-corrected chi connectivity index (χ3v) is 3.12. The highest BCUT2D eigenvalue weighted by Gasteiger charge is 2.10. The van der Waals surface area contributed by atoms with Gasteiger partial charge in [0.1, 0.15) is 0 Å². The van der Waals surface area contributed by atoms with Crippen molar-refractivity contribution in [2.45, 2.75) is 6.54 Å². The number of carbonyl (C=O) groups excluding carboxylic acids is 3. The van der Waals surface area contributed by atoms with Crippen LogP contribution in [0.25, 0.3) is 0 Å². The maximum Gasteiger partial charge on any atom is 0.338 e. The molecule has 1 aromatic carbocycles. The van der Waals surface area contributed by atoms with E-state index in [1.165, 1.54) is 31.6 Å². The zero-order chi connectivity index (χ0) is 17.4. The maximum absolute atomic E-state index is 11.7. The average molecular weight is 328 g/mol. The molecule has 0 radical (unpaired) electrons. The van der Waals surface area contributed by atoms with E-state index >= 15 is 0 Å². The Hall–Kier alpha value is -3.22. The van der Waals surface area contributed by atoms with Gasteiger partial charge in [0, 0.05) is 18.9 Å².